The molecule has 0 radical (unpaired) electrons. The van der Waals surface area contributed by atoms with Gasteiger partial charge in [0.05, 0.1) is 0 Å². The number of carbonyl (C=O) groups is 1. The summed E-state index contributed by atoms with van der Waals surface area (Å²) in [5.41, 5.74) is 5.71. The first-order chi connectivity index (χ1) is 16.0. The van der Waals surface area contributed by atoms with Crippen LogP contribution in [0.5, 0.6) is 11.5 Å². The maximum Gasteiger partial charge on any atom is 0.257 e. The molecule has 33 heavy (non-hydrogen) atoms. The SMILES string of the molecule is CCc1ccc2oc(-c3ccc(C)c(NC(=S)NC(=O)c4ccc5c(c4)OCO5)c3)nc2c1. The van der Waals surface area contributed by atoms with Crippen molar-refractivity contribution in [2.75, 3.05) is 12.1 Å². The molecule has 3 aromatic carbocycles. The zero-order chi connectivity index (χ0) is 22.9. The summed E-state index contributed by atoms with van der Waals surface area (Å²) in [7, 11) is 0. The lowest BCUT2D eigenvalue weighted by Gasteiger charge is -2.13. The molecule has 2 heterocycles. The molecule has 7 nitrogen and oxygen atoms in total. The standard InChI is InChI=1S/C25H21N3O4S/c1-3-15-5-8-20-19(10-15)26-24(32-20)17-6-4-14(2)18(11-17)27-25(33)28-23(29)16-7-9-21-22(12-16)31-13-30-21/h4-12H,3,13H2,1-2H3,(H2,27,28,29,33). The summed E-state index contributed by atoms with van der Waals surface area (Å²) >= 11 is 5.37. The molecular formula is C25H21N3O4S. The fourth-order valence-electron chi connectivity index (χ4n) is 3.57. The maximum absolute atomic E-state index is 12.6. The maximum atomic E-state index is 12.6. The molecule has 8 heteroatoms. The van der Waals surface area contributed by atoms with Gasteiger partial charge in [0, 0.05) is 16.8 Å². The fraction of sp³-hybridized carbons (Fsp3) is 0.160. The number of nitrogens with one attached hydrogen (secondary N) is 2. The molecular weight excluding hydrogens is 438 g/mol. The molecule has 5 rings (SSSR count). The largest absolute Gasteiger partial charge is 0.454 e. The number of benzene rings is 3. The van der Waals surface area contributed by atoms with Gasteiger partial charge >= 0.3 is 0 Å². The van der Waals surface area contributed by atoms with Crippen LogP contribution >= 0.6 is 12.2 Å². The van der Waals surface area contributed by atoms with Crippen molar-refractivity contribution in [1.29, 1.82) is 0 Å². The van der Waals surface area contributed by atoms with Crippen LogP contribution in [0.4, 0.5) is 5.69 Å². The Morgan fingerprint density at radius 3 is 2.76 bits per heavy atom. The molecule has 0 saturated carbocycles. The van der Waals surface area contributed by atoms with E-state index in [0.29, 0.717) is 23.0 Å². The van der Waals surface area contributed by atoms with Crippen LogP contribution in [0.25, 0.3) is 22.6 Å². The second-order valence-electron chi connectivity index (χ2n) is 7.68. The van der Waals surface area contributed by atoms with Gasteiger partial charge in [-0.05, 0) is 79.2 Å². The number of aryl methyl sites for hydroxylation is 2. The molecule has 1 amide bonds. The summed E-state index contributed by atoms with van der Waals surface area (Å²) in [6.07, 6.45) is 0.937. The number of ether oxygens (including phenoxy) is 2. The average molecular weight is 460 g/mol. The van der Waals surface area contributed by atoms with E-state index in [0.717, 1.165) is 34.3 Å². The number of rotatable bonds is 4. The minimum absolute atomic E-state index is 0.149. The van der Waals surface area contributed by atoms with Crippen LogP contribution in [0.1, 0.15) is 28.4 Å². The first kappa shape index (κ1) is 21.0. The molecule has 1 aliphatic rings. The molecule has 0 bridgehead atoms. The zero-order valence-electron chi connectivity index (χ0n) is 18.1. The van der Waals surface area contributed by atoms with E-state index < -0.39 is 0 Å². The predicted molar refractivity (Wildman–Crippen MR) is 130 cm³/mol. The minimum Gasteiger partial charge on any atom is -0.454 e. The van der Waals surface area contributed by atoms with Crippen LogP contribution in [0.15, 0.2) is 59.0 Å². The van der Waals surface area contributed by atoms with E-state index in [1.54, 1.807) is 18.2 Å². The number of fused-ring (bicyclic) bond motifs is 2. The Morgan fingerprint density at radius 1 is 1.06 bits per heavy atom. The molecule has 0 spiro atoms. The molecule has 1 aliphatic heterocycles. The minimum atomic E-state index is -0.342. The van der Waals surface area contributed by atoms with E-state index >= 15 is 0 Å². The van der Waals surface area contributed by atoms with Crippen molar-refractivity contribution in [2.45, 2.75) is 20.3 Å². The Kier molecular flexibility index (Phi) is 5.43. The highest BCUT2D eigenvalue weighted by atomic mass is 32.1. The lowest BCUT2D eigenvalue weighted by atomic mass is 10.1. The number of hydrogen-bond acceptors (Lipinski definition) is 6. The average Bonchev–Trinajstić information content (AvgIpc) is 3.46. The first-order valence-corrected chi connectivity index (χ1v) is 10.9. The van der Waals surface area contributed by atoms with Gasteiger partial charge in [0.2, 0.25) is 12.7 Å². The Labute approximate surface area is 195 Å². The van der Waals surface area contributed by atoms with E-state index in [9.17, 15) is 4.79 Å². The van der Waals surface area contributed by atoms with Crippen molar-refractivity contribution in [1.82, 2.24) is 10.3 Å². The van der Waals surface area contributed by atoms with E-state index in [4.69, 9.17) is 26.1 Å². The van der Waals surface area contributed by atoms with Crippen LogP contribution in [-0.2, 0) is 6.42 Å². The highest BCUT2D eigenvalue weighted by molar-refractivity contribution is 7.80. The van der Waals surface area contributed by atoms with Crippen molar-refractivity contribution in [2.24, 2.45) is 0 Å². The lowest BCUT2D eigenvalue weighted by Crippen LogP contribution is -2.34. The van der Waals surface area contributed by atoms with Crippen LogP contribution in [0, 0.1) is 6.92 Å². The zero-order valence-corrected chi connectivity index (χ0v) is 18.9. The van der Waals surface area contributed by atoms with Gasteiger partial charge in [0.15, 0.2) is 22.2 Å². The van der Waals surface area contributed by atoms with E-state index in [2.05, 4.69) is 22.5 Å². The third-order valence-corrected chi connectivity index (χ3v) is 5.66. The first-order valence-electron chi connectivity index (χ1n) is 10.5. The molecule has 0 aliphatic carbocycles. The Balaban J connectivity index is 1.33. The van der Waals surface area contributed by atoms with Crippen LogP contribution in [0.3, 0.4) is 0 Å². The van der Waals surface area contributed by atoms with Gasteiger partial charge in [0.1, 0.15) is 5.52 Å². The Hall–Kier alpha value is -3.91. The van der Waals surface area contributed by atoms with Gasteiger partial charge in [0.25, 0.3) is 5.91 Å². The van der Waals surface area contributed by atoms with Gasteiger partial charge in [-0.15, -0.1) is 0 Å². The molecule has 166 valence electrons. The van der Waals surface area contributed by atoms with E-state index in [1.807, 2.05) is 43.3 Å². The number of amides is 1. The Morgan fingerprint density at radius 2 is 1.91 bits per heavy atom. The summed E-state index contributed by atoms with van der Waals surface area (Å²) in [5.74, 6) is 1.33. The van der Waals surface area contributed by atoms with Gasteiger partial charge < -0.3 is 19.2 Å². The quantitative estimate of drug-likeness (QED) is 0.405. The number of aromatic nitrogens is 1. The van der Waals surface area contributed by atoms with Crippen molar-refractivity contribution >= 4 is 40.0 Å². The van der Waals surface area contributed by atoms with Gasteiger partial charge in [-0.3, -0.25) is 10.1 Å². The molecule has 1 aromatic heterocycles. The van der Waals surface area contributed by atoms with E-state index in [1.165, 1.54) is 5.56 Å². The molecule has 0 atom stereocenters. The number of nitrogens with zero attached hydrogens (tertiary/aromatic N) is 1. The lowest BCUT2D eigenvalue weighted by molar-refractivity contribution is 0.0977. The molecule has 4 aromatic rings. The third-order valence-electron chi connectivity index (χ3n) is 5.45. The fourth-order valence-corrected chi connectivity index (χ4v) is 3.78. The number of carbonyl (C=O) groups excluding carboxylic acids is 1. The number of hydrogen-bond donors (Lipinski definition) is 2. The molecule has 2 N–H and O–H groups in total. The second kappa shape index (κ2) is 8.55. The summed E-state index contributed by atoms with van der Waals surface area (Å²) < 4.78 is 16.6. The van der Waals surface area contributed by atoms with Gasteiger partial charge in [-0.1, -0.05) is 19.1 Å². The number of oxazole rings is 1. The van der Waals surface area contributed by atoms with Crippen molar-refractivity contribution < 1.29 is 18.7 Å². The van der Waals surface area contributed by atoms with Crippen LogP contribution in [-0.4, -0.2) is 22.8 Å². The highest BCUT2D eigenvalue weighted by Gasteiger charge is 2.17. The highest BCUT2D eigenvalue weighted by Crippen LogP contribution is 2.32. The van der Waals surface area contributed by atoms with Crippen molar-refractivity contribution in [3.63, 3.8) is 0 Å². The number of thiocarbonyl (C=S) groups is 1. The summed E-state index contributed by atoms with van der Waals surface area (Å²) in [6.45, 7) is 4.21. The summed E-state index contributed by atoms with van der Waals surface area (Å²) in [4.78, 5) is 17.2. The summed E-state index contributed by atoms with van der Waals surface area (Å²) in [5, 5.41) is 5.99. The predicted octanol–water partition coefficient (Wildman–Crippen LogP) is 5.22. The third kappa shape index (κ3) is 4.25. The molecule has 0 saturated heterocycles. The molecule has 0 fully saturated rings. The summed E-state index contributed by atoms with van der Waals surface area (Å²) in [6, 6.07) is 16.8. The smallest absolute Gasteiger partial charge is 0.257 e. The van der Waals surface area contributed by atoms with Crippen LogP contribution < -0.4 is 20.1 Å². The van der Waals surface area contributed by atoms with Crippen molar-refractivity contribution in [3.05, 3.63) is 71.3 Å². The second-order valence-corrected chi connectivity index (χ2v) is 8.09. The topological polar surface area (TPSA) is 85.6 Å². The monoisotopic (exact) mass is 459 g/mol. The van der Waals surface area contributed by atoms with Gasteiger partial charge in [-0.25, -0.2) is 4.98 Å². The number of anilines is 1. The van der Waals surface area contributed by atoms with Gasteiger partial charge in [-0.2, -0.15) is 0 Å². The van der Waals surface area contributed by atoms with Crippen molar-refractivity contribution in [3.8, 4) is 23.0 Å². The van der Waals surface area contributed by atoms with E-state index in [-0.39, 0.29) is 17.8 Å². The van der Waals surface area contributed by atoms with Crippen LogP contribution in [0.2, 0.25) is 0 Å². The molecule has 0 unspecified atom stereocenters. The Bertz CT molecular complexity index is 1400. The normalized spacial score (nSPS) is 12.1.